The van der Waals surface area contributed by atoms with Crippen molar-refractivity contribution in [2.45, 2.75) is 6.92 Å². The molecule has 0 fully saturated rings. The molecule has 0 saturated carbocycles. The van der Waals surface area contributed by atoms with Gasteiger partial charge >= 0.3 is 0 Å². The summed E-state index contributed by atoms with van der Waals surface area (Å²) in [5, 5.41) is 16.4. The number of anilines is 1. The molecule has 0 saturated heterocycles. The molecule has 5 heteroatoms. The minimum Gasteiger partial charge on any atom is -0.349 e. The molecular formula is C22H21N4O+. The SMILES string of the molecule is Cc1ccc2[nH+]c(NCCNC(=O)/C=C/c3ccccc3)c(C#N)cc2c1. The second-order valence-corrected chi connectivity index (χ2v) is 6.22. The molecule has 0 bridgehead atoms. The lowest BCUT2D eigenvalue weighted by molar-refractivity contribution is -0.327. The Kier molecular flexibility index (Phi) is 5.80. The molecule has 3 aromatic rings. The van der Waals surface area contributed by atoms with Gasteiger partial charge in [0.2, 0.25) is 5.91 Å². The Labute approximate surface area is 158 Å². The Morgan fingerprint density at radius 1 is 1.15 bits per heavy atom. The van der Waals surface area contributed by atoms with Crippen LogP contribution in [0.5, 0.6) is 0 Å². The smallest absolute Gasteiger partial charge is 0.290 e. The molecule has 134 valence electrons. The third-order valence-electron chi connectivity index (χ3n) is 4.11. The van der Waals surface area contributed by atoms with Gasteiger partial charge in [0.05, 0.1) is 6.54 Å². The first-order chi connectivity index (χ1) is 13.2. The van der Waals surface area contributed by atoms with Crippen molar-refractivity contribution in [3.05, 3.63) is 77.4 Å². The maximum absolute atomic E-state index is 11.9. The number of H-pyrrole nitrogens is 1. The highest BCUT2D eigenvalue weighted by molar-refractivity contribution is 5.91. The molecule has 3 rings (SSSR count). The summed E-state index contributed by atoms with van der Waals surface area (Å²) in [6, 6.07) is 19.8. The lowest BCUT2D eigenvalue weighted by Gasteiger charge is -2.04. The highest BCUT2D eigenvalue weighted by Gasteiger charge is 2.12. The highest BCUT2D eigenvalue weighted by atomic mass is 16.1. The van der Waals surface area contributed by atoms with Crippen LogP contribution in [-0.4, -0.2) is 19.0 Å². The van der Waals surface area contributed by atoms with Crippen LogP contribution in [0.1, 0.15) is 16.7 Å². The van der Waals surface area contributed by atoms with Gasteiger partial charge in [-0.25, -0.2) is 4.98 Å². The molecule has 1 amide bonds. The third kappa shape index (κ3) is 4.93. The number of fused-ring (bicyclic) bond motifs is 1. The van der Waals surface area contributed by atoms with E-state index in [-0.39, 0.29) is 5.91 Å². The second-order valence-electron chi connectivity index (χ2n) is 6.22. The summed E-state index contributed by atoms with van der Waals surface area (Å²) in [7, 11) is 0. The standard InChI is InChI=1S/C22H20N4O/c1-16-7-9-20-18(13-16)14-19(15-23)22(26-20)25-12-11-24-21(27)10-8-17-5-3-2-4-6-17/h2-10,13-14H,11-12H2,1H3,(H,24,27)(H,25,26)/p+1/b10-8+. The van der Waals surface area contributed by atoms with Crippen LogP contribution in [0.3, 0.4) is 0 Å². The van der Waals surface area contributed by atoms with Crippen molar-refractivity contribution in [1.82, 2.24) is 5.32 Å². The Hall–Kier alpha value is -3.65. The minimum atomic E-state index is -0.154. The van der Waals surface area contributed by atoms with E-state index in [1.165, 1.54) is 6.08 Å². The molecule has 0 aliphatic heterocycles. The molecule has 3 N–H and O–H groups in total. The van der Waals surface area contributed by atoms with Gasteiger partial charge in [-0.15, -0.1) is 0 Å². The maximum Gasteiger partial charge on any atom is 0.290 e. The molecule has 0 aliphatic rings. The number of aryl methyl sites for hydroxylation is 1. The Morgan fingerprint density at radius 3 is 2.74 bits per heavy atom. The molecule has 1 heterocycles. The van der Waals surface area contributed by atoms with E-state index in [0.717, 1.165) is 22.0 Å². The van der Waals surface area contributed by atoms with Crippen LogP contribution in [0.4, 0.5) is 5.82 Å². The molecule has 2 aromatic carbocycles. The van der Waals surface area contributed by atoms with Gasteiger partial charge in [0.25, 0.3) is 5.82 Å². The van der Waals surface area contributed by atoms with E-state index in [1.807, 2.05) is 61.5 Å². The molecule has 0 aliphatic carbocycles. The van der Waals surface area contributed by atoms with Gasteiger partial charge in [0.1, 0.15) is 23.7 Å². The zero-order valence-corrected chi connectivity index (χ0v) is 15.1. The van der Waals surface area contributed by atoms with Gasteiger partial charge in [-0.05, 0) is 36.8 Å². The minimum absolute atomic E-state index is 0.154. The average Bonchev–Trinajstić information content (AvgIpc) is 2.69. The van der Waals surface area contributed by atoms with Crippen molar-refractivity contribution in [3.63, 3.8) is 0 Å². The van der Waals surface area contributed by atoms with Crippen LogP contribution < -0.4 is 15.6 Å². The van der Waals surface area contributed by atoms with Crippen LogP contribution >= 0.6 is 0 Å². The van der Waals surface area contributed by atoms with Crippen molar-refractivity contribution in [3.8, 4) is 6.07 Å². The van der Waals surface area contributed by atoms with Crippen LogP contribution in [0, 0.1) is 18.3 Å². The van der Waals surface area contributed by atoms with Gasteiger partial charge < -0.3 is 5.32 Å². The first-order valence-corrected chi connectivity index (χ1v) is 8.77. The summed E-state index contributed by atoms with van der Waals surface area (Å²) in [6.45, 7) is 2.97. The monoisotopic (exact) mass is 357 g/mol. The number of nitrogens with one attached hydrogen (secondary N) is 3. The first-order valence-electron chi connectivity index (χ1n) is 8.77. The fourth-order valence-electron chi connectivity index (χ4n) is 2.74. The number of nitrogens with zero attached hydrogens (tertiary/aromatic N) is 1. The van der Waals surface area contributed by atoms with Crippen LogP contribution in [0.2, 0.25) is 0 Å². The molecule has 0 atom stereocenters. The zero-order valence-electron chi connectivity index (χ0n) is 15.1. The number of pyridine rings is 1. The number of carbonyl (C=O) groups excluding carboxylic acids is 1. The third-order valence-corrected chi connectivity index (χ3v) is 4.11. The summed E-state index contributed by atoms with van der Waals surface area (Å²) in [5.41, 5.74) is 3.62. The number of aromatic amines is 1. The van der Waals surface area contributed by atoms with Crippen molar-refractivity contribution < 1.29 is 9.78 Å². The quantitative estimate of drug-likeness (QED) is 0.526. The van der Waals surface area contributed by atoms with Gasteiger partial charge in [-0.1, -0.05) is 42.0 Å². The molecule has 1 aromatic heterocycles. The average molecular weight is 357 g/mol. The molecule has 27 heavy (non-hydrogen) atoms. The van der Waals surface area contributed by atoms with Crippen LogP contribution in [0.15, 0.2) is 60.7 Å². The predicted octanol–water partition coefficient (Wildman–Crippen LogP) is 3.08. The fourth-order valence-corrected chi connectivity index (χ4v) is 2.74. The molecule has 0 spiro atoms. The fraction of sp³-hybridized carbons (Fsp3) is 0.136. The number of carbonyl (C=O) groups is 1. The molecule has 5 nitrogen and oxygen atoms in total. The maximum atomic E-state index is 11.9. The second kappa shape index (κ2) is 8.63. The van der Waals surface area contributed by atoms with Crippen molar-refractivity contribution in [2.24, 2.45) is 0 Å². The zero-order chi connectivity index (χ0) is 19.1. The Morgan fingerprint density at radius 2 is 1.96 bits per heavy atom. The van der Waals surface area contributed by atoms with E-state index < -0.39 is 0 Å². The van der Waals surface area contributed by atoms with Gasteiger partial charge in [-0.3, -0.25) is 10.1 Å². The van der Waals surface area contributed by atoms with E-state index in [1.54, 1.807) is 6.08 Å². The first kappa shape index (κ1) is 18.2. The van der Waals surface area contributed by atoms with Crippen LogP contribution in [0.25, 0.3) is 17.0 Å². The number of hydrogen-bond donors (Lipinski definition) is 2. The lowest BCUT2D eigenvalue weighted by atomic mass is 10.1. The molecule has 0 radical (unpaired) electrons. The van der Waals surface area contributed by atoms with Crippen molar-refractivity contribution in [2.75, 3.05) is 18.4 Å². The van der Waals surface area contributed by atoms with E-state index in [4.69, 9.17) is 0 Å². The van der Waals surface area contributed by atoms with Gasteiger partial charge in [0.15, 0.2) is 0 Å². The number of amides is 1. The summed E-state index contributed by atoms with van der Waals surface area (Å²) < 4.78 is 0. The van der Waals surface area contributed by atoms with Crippen molar-refractivity contribution in [1.29, 1.82) is 5.26 Å². The van der Waals surface area contributed by atoms with Crippen molar-refractivity contribution >= 4 is 28.7 Å². The Balaban J connectivity index is 1.56. The molecule has 0 unspecified atom stereocenters. The normalized spacial score (nSPS) is 10.7. The highest BCUT2D eigenvalue weighted by Crippen LogP contribution is 2.17. The number of benzene rings is 2. The van der Waals surface area contributed by atoms with E-state index in [0.29, 0.717) is 24.5 Å². The van der Waals surface area contributed by atoms with E-state index in [2.05, 4.69) is 21.7 Å². The number of nitriles is 1. The summed E-state index contributed by atoms with van der Waals surface area (Å²) in [5.74, 6) is 0.502. The van der Waals surface area contributed by atoms with Gasteiger partial charge in [0, 0.05) is 11.5 Å². The number of hydrogen-bond acceptors (Lipinski definition) is 3. The topological polar surface area (TPSA) is 79.1 Å². The largest absolute Gasteiger partial charge is 0.349 e. The summed E-state index contributed by atoms with van der Waals surface area (Å²) in [6.07, 6.45) is 3.29. The number of rotatable bonds is 6. The number of aromatic nitrogens is 1. The lowest BCUT2D eigenvalue weighted by Crippen LogP contribution is -2.29. The Bertz CT molecular complexity index is 1020. The van der Waals surface area contributed by atoms with Crippen LogP contribution in [-0.2, 0) is 4.79 Å². The van der Waals surface area contributed by atoms with Gasteiger partial charge in [-0.2, -0.15) is 5.26 Å². The van der Waals surface area contributed by atoms with E-state index >= 15 is 0 Å². The molecular weight excluding hydrogens is 336 g/mol. The summed E-state index contributed by atoms with van der Waals surface area (Å²) in [4.78, 5) is 15.1. The van der Waals surface area contributed by atoms with E-state index in [9.17, 15) is 10.1 Å². The summed E-state index contributed by atoms with van der Waals surface area (Å²) >= 11 is 0. The predicted molar refractivity (Wildman–Crippen MR) is 107 cm³/mol.